The molecule has 2 fully saturated rings. The van der Waals surface area contributed by atoms with Crippen LogP contribution in [0.15, 0.2) is 23.2 Å². The van der Waals surface area contributed by atoms with Gasteiger partial charge in [0.25, 0.3) is 0 Å². The van der Waals surface area contributed by atoms with Crippen molar-refractivity contribution < 1.29 is 9.47 Å². The molecule has 0 spiro atoms. The standard InChI is InChI=1S/C25H42N4O2.HI/c1-20-9-10-22(30-5)21(17-20)25(11-15-31-16-12-25)19-28-23(26-4)27-18-24(2,3)29-13-7-6-8-14-29;/h9-10,17H,6-8,11-16,18-19H2,1-5H3,(H2,26,27,28);1H. The van der Waals surface area contributed by atoms with E-state index >= 15 is 0 Å². The predicted molar refractivity (Wildman–Crippen MR) is 144 cm³/mol. The fourth-order valence-corrected chi connectivity index (χ4v) is 4.92. The van der Waals surface area contributed by atoms with E-state index in [0.717, 1.165) is 50.9 Å². The molecular formula is C25H43IN4O2. The van der Waals surface area contributed by atoms with Crippen molar-refractivity contribution in [2.75, 3.05) is 53.6 Å². The van der Waals surface area contributed by atoms with Crippen LogP contribution in [-0.2, 0) is 10.2 Å². The molecule has 0 amide bonds. The average molecular weight is 559 g/mol. The Kier molecular flexibility index (Phi) is 10.5. The minimum Gasteiger partial charge on any atom is -0.496 e. The fourth-order valence-electron chi connectivity index (χ4n) is 4.92. The third kappa shape index (κ3) is 6.73. The Labute approximate surface area is 211 Å². The first-order valence-electron chi connectivity index (χ1n) is 11.8. The van der Waals surface area contributed by atoms with Gasteiger partial charge in [-0.3, -0.25) is 9.89 Å². The Balaban J connectivity index is 0.00000363. The summed E-state index contributed by atoms with van der Waals surface area (Å²) in [5.74, 6) is 1.83. The van der Waals surface area contributed by atoms with E-state index in [0.29, 0.717) is 0 Å². The number of aliphatic imine (C=N–C) groups is 1. The van der Waals surface area contributed by atoms with Gasteiger partial charge in [-0.15, -0.1) is 24.0 Å². The summed E-state index contributed by atoms with van der Waals surface area (Å²) in [5, 5.41) is 7.22. The van der Waals surface area contributed by atoms with Crippen LogP contribution in [0.4, 0.5) is 0 Å². The Morgan fingerprint density at radius 1 is 1.16 bits per heavy atom. The van der Waals surface area contributed by atoms with E-state index in [1.165, 1.54) is 43.5 Å². The first kappa shape index (κ1) is 27.2. The molecule has 1 aromatic rings. The van der Waals surface area contributed by atoms with E-state index in [2.05, 4.69) is 59.5 Å². The third-order valence-electron chi connectivity index (χ3n) is 7.09. The molecule has 1 aromatic carbocycles. The van der Waals surface area contributed by atoms with Gasteiger partial charge in [-0.05, 0) is 65.6 Å². The number of nitrogens with one attached hydrogen (secondary N) is 2. The molecule has 0 bridgehead atoms. The highest BCUT2D eigenvalue weighted by atomic mass is 127. The molecule has 2 aliphatic rings. The van der Waals surface area contributed by atoms with E-state index in [4.69, 9.17) is 9.47 Å². The lowest BCUT2D eigenvalue weighted by Crippen LogP contribution is -2.56. The molecule has 0 radical (unpaired) electrons. The van der Waals surface area contributed by atoms with E-state index in [1.54, 1.807) is 7.11 Å². The SMILES string of the molecule is CN=C(NCC1(c2cc(C)ccc2OC)CCOCC1)NCC(C)(C)N1CCCCC1.I. The van der Waals surface area contributed by atoms with Crippen LogP contribution in [0.2, 0.25) is 0 Å². The first-order valence-corrected chi connectivity index (χ1v) is 11.8. The number of methoxy groups -OCH3 is 1. The molecule has 2 heterocycles. The van der Waals surface area contributed by atoms with Crippen molar-refractivity contribution in [2.24, 2.45) is 4.99 Å². The number of hydrogen-bond acceptors (Lipinski definition) is 4. The fraction of sp³-hybridized carbons (Fsp3) is 0.720. The topological polar surface area (TPSA) is 58.1 Å². The Morgan fingerprint density at radius 3 is 2.47 bits per heavy atom. The Hall–Kier alpha value is -1.06. The van der Waals surface area contributed by atoms with E-state index in [9.17, 15) is 0 Å². The van der Waals surface area contributed by atoms with Gasteiger partial charge in [-0.1, -0.05) is 24.1 Å². The second kappa shape index (κ2) is 12.4. The largest absolute Gasteiger partial charge is 0.496 e. The molecule has 7 heteroatoms. The predicted octanol–water partition coefficient (Wildman–Crippen LogP) is 4.10. The Bertz CT molecular complexity index is 741. The summed E-state index contributed by atoms with van der Waals surface area (Å²) in [6.07, 6.45) is 5.91. The van der Waals surface area contributed by atoms with Crippen molar-refractivity contribution in [3.8, 4) is 5.75 Å². The normalized spacial score (nSPS) is 19.7. The van der Waals surface area contributed by atoms with Crippen LogP contribution in [0.5, 0.6) is 5.75 Å². The summed E-state index contributed by atoms with van der Waals surface area (Å²) in [6, 6.07) is 6.49. The van der Waals surface area contributed by atoms with Gasteiger partial charge in [0.1, 0.15) is 5.75 Å². The van der Waals surface area contributed by atoms with Gasteiger partial charge in [0.15, 0.2) is 5.96 Å². The number of aryl methyl sites for hydroxylation is 1. The Morgan fingerprint density at radius 2 is 1.84 bits per heavy atom. The highest BCUT2D eigenvalue weighted by Gasteiger charge is 2.37. The molecule has 32 heavy (non-hydrogen) atoms. The average Bonchev–Trinajstić information content (AvgIpc) is 2.80. The maximum atomic E-state index is 5.75. The molecule has 0 aromatic heterocycles. The van der Waals surface area contributed by atoms with Crippen molar-refractivity contribution in [1.29, 1.82) is 0 Å². The first-order chi connectivity index (χ1) is 14.9. The number of ether oxygens (including phenoxy) is 2. The number of benzene rings is 1. The van der Waals surface area contributed by atoms with Gasteiger partial charge >= 0.3 is 0 Å². The van der Waals surface area contributed by atoms with Crippen molar-refractivity contribution in [3.63, 3.8) is 0 Å². The second-order valence-corrected chi connectivity index (χ2v) is 9.74. The van der Waals surface area contributed by atoms with Gasteiger partial charge in [0.2, 0.25) is 0 Å². The summed E-state index contributed by atoms with van der Waals surface area (Å²) in [4.78, 5) is 7.12. The zero-order valence-electron chi connectivity index (χ0n) is 20.6. The highest BCUT2D eigenvalue weighted by Crippen LogP contribution is 2.40. The molecule has 0 aliphatic carbocycles. The van der Waals surface area contributed by atoms with Gasteiger partial charge in [0, 0.05) is 49.9 Å². The number of likely N-dealkylation sites (tertiary alicyclic amines) is 1. The summed E-state index contributed by atoms with van der Waals surface area (Å²) in [5.41, 5.74) is 2.60. The number of piperidine rings is 1. The van der Waals surface area contributed by atoms with Crippen molar-refractivity contribution >= 4 is 29.9 Å². The van der Waals surface area contributed by atoms with Crippen LogP contribution in [0, 0.1) is 6.92 Å². The van der Waals surface area contributed by atoms with Gasteiger partial charge < -0.3 is 20.1 Å². The van der Waals surface area contributed by atoms with Crippen molar-refractivity contribution in [1.82, 2.24) is 15.5 Å². The molecule has 2 N–H and O–H groups in total. The van der Waals surface area contributed by atoms with Crippen LogP contribution in [0.25, 0.3) is 0 Å². The van der Waals surface area contributed by atoms with E-state index in [1.807, 2.05) is 7.05 Å². The van der Waals surface area contributed by atoms with Crippen LogP contribution in [-0.4, -0.2) is 69.9 Å². The zero-order chi connectivity index (χ0) is 22.3. The molecule has 0 unspecified atom stereocenters. The molecule has 182 valence electrons. The maximum absolute atomic E-state index is 5.75. The van der Waals surface area contributed by atoms with Crippen molar-refractivity contribution in [2.45, 2.75) is 63.8 Å². The summed E-state index contributed by atoms with van der Waals surface area (Å²) >= 11 is 0. The lowest BCUT2D eigenvalue weighted by Gasteiger charge is -2.42. The van der Waals surface area contributed by atoms with Gasteiger partial charge in [-0.2, -0.15) is 0 Å². The van der Waals surface area contributed by atoms with Crippen LogP contribution < -0.4 is 15.4 Å². The number of rotatable bonds is 7. The van der Waals surface area contributed by atoms with Gasteiger partial charge in [0.05, 0.1) is 7.11 Å². The highest BCUT2D eigenvalue weighted by molar-refractivity contribution is 14.0. The molecule has 2 saturated heterocycles. The van der Waals surface area contributed by atoms with E-state index in [-0.39, 0.29) is 34.9 Å². The van der Waals surface area contributed by atoms with E-state index < -0.39 is 0 Å². The molecule has 3 rings (SSSR count). The summed E-state index contributed by atoms with van der Waals surface area (Å²) < 4.78 is 11.5. The monoisotopic (exact) mass is 558 g/mol. The van der Waals surface area contributed by atoms with Gasteiger partial charge in [-0.25, -0.2) is 0 Å². The lowest BCUT2D eigenvalue weighted by molar-refractivity contribution is 0.0504. The van der Waals surface area contributed by atoms with Crippen LogP contribution in [0.1, 0.15) is 57.1 Å². The summed E-state index contributed by atoms with van der Waals surface area (Å²) in [7, 11) is 3.62. The minimum atomic E-state index is -0.0321. The number of halogens is 1. The van der Waals surface area contributed by atoms with Crippen molar-refractivity contribution in [3.05, 3.63) is 29.3 Å². The summed E-state index contributed by atoms with van der Waals surface area (Å²) in [6.45, 7) is 12.4. The quantitative estimate of drug-likeness (QED) is 0.300. The smallest absolute Gasteiger partial charge is 0.191 e. The minimum absolute atomic E-state index is 0. The molecule has 0 atom stereocenters. The molecular weight excluding hydrogens is 515 g/mol. The van der Waals surface area contributed by atoms with Crippen LogP contribution >= 0.6 is 24.0 Å². The number of hydrogen-bond donors (Lipinski definition) is 2. The second-order valence-electron chi connectivity index (χ2n) is 9.74. The number of guanidine groups is 1. The zero-order valence-corrected chi connectivity index (χ0v) is 23.0. The number of nitrogens with zero attached hydrogens (tertiary/aromatic N) is 2. The molecule has 6 nitrogen and oxygen atoms in total. The molecule has 2 aliphatic heterocycles. The maximum Gasteiger partial charge on any atom is 0.191 e. The van der Waals surface area contributed by atoms with Crippen LogP contribution in [0.3, 0.4) is 0 Å². The lowest BCUT2D eigenvalue weighted by atomic mass is 9.73. The molecule has 0 saturated carbocycles. The third-order valence-corrected chi connectivity index (χ3v) is 7.09.